The minimum Gasteiger partial charge on any atom is -0.356 e. The zero-order valence-corrected chi connectivity index (χ0v) is 11.0. The van der Waals surface area contributed by atoms with Crippen LogP contribution < -0.4 is 5.32 Å². The van der Waals surface area contributed by atoms with E-state index >= 15 is 0 Å². The summed E-state index contributed by atoms with van der Waals surface area (Å²) in [7, 11) is -2.53. The lowest BCUT2D eigenvalue weighted by molar-refractivity contribution is -0.129. The molecule has 1 amide bonds. The molecule has 2 atom stereocenters. The van der Waals surface area contributed by atoms with E-state index in [9.17, 15) is 9.36 Å². The lowest BCUT2D eigenvalue weighted by Crippen LogP contribution is -2.38. The van der Waals surface area contributed by atoms with Crippen LogP contribution in [0.25, 0.3) is 0 Å². The van der Waals surface area contributed by atoms with E-state index in [1.807, 2.05) is 6.92 Å². The van der Waals surface area contributed by atoms with Gasteiger partial charge in [-0.25, -0.2) is 0 Å². The third-order valence-corrected chi connectivity index (χ3v) is 3.44. The number of amides is 1. The largest absolute Gasteiger partial charge is 0.356 e. The predicted octanol–water partition coefficient (Wildman–Crippen LogP) is 1.78. The molecule has 0 aromatic rings. The Hall–Kier alpha value is -0.340. The highest BCUT2D eigenvalue weighted by Gasteiger charge is 2.30. The van der Waals surface area contributed by atoms with Gasteiger partial charge in [-0.3, -0.25) is 9.36 Å². The number of carbonyl (C=O) groups excluding carboxylic acids is 1. The average Bonchev–Trinajstić information content (AvgIpc) is 2.13. The van der Waals surface area contributed by atoms with Gasteiger partial charge in [-0.15, -0.1) is 0 Å². The lowest BCUT2D eigenvalue weighted by atomic mass is 9.87. The molecule has 0 heterocycles. The zero-order valence-electron chi connectivity index (χ0n) is 9.96. The molecule has 4 nitrogen and oxygen atoms in total. The fourth-order valence-electron chi connectivity index (χ4n) is 1.42. The van der Waals surface area contributed by atoms with Gasteiger partial charge in [-0.2, -0.15) is 0 Å². The monoisotopic (exact) mass is 235 g/mol. The molecule has 0 aliphatic carbocycles. The Labute approximate surface area is 92.3 Å². The van der Waals surface area contributed by atoms with Gasteiger partial charge in [-0.1, -0.05) is 27.7 Å². The van der Waals surface area contributed by atoms with Gasteiger partial charge >= 0.3 is 0 Å². The number of nitrogens with one attached hydrogen (secondary N) is 1. The highest BCUT2D eigenvalue weighted by atomic mass is 31.1. The van der Waals surface area contributed by atoms with Crippen molar-refractivity contribution in [1.29, 1.82) is 0 Å². The van der Waals surface area contributed by atoms with Crippen LogP contribution in [0.15, 0.2) is 0 Å². The zero-order chi connectivity index (χ0) is 12.1. The maximum Gasteiger partial charge on any atom is 0.225 e. The minimum absolute atomic E-state index is 0.0422. The topological polar surface area (TPSA) is 66.4 Å². The summed E-state index contributed by atoms with van der Waals surface area (Å²) >= 11 is 0. The maximum atomic E-state index is 11.7. The Morgan fingerprint density at radius 1 is 1.53 bits per heavy atom. The van der Waals surface area contributed by atoms with E-state index in [1.165, 1.54) is 0 Å². The van der Waals surface area contributed by atoms with Gasteiger partial charge in [0.15, 0.2) is 8.03 Å². The number of hydrogen-bond acceptors (Lipinski definition) is 2. The van der Waals surface area contributed by atoms with Crippen molar-refractivity contribution in [3.8, 4) is 0 Å². The molecule has 0 aliphatic rings. The smallest absolute Gasteiger partial charge is 0.225 e. The number of hydrogen-bond donors (Lipinski definition) is 2. The molecule has 0 rings (SSSR count). The summed E-state index contributed by atoms with van der Waals surface area (Å²) in [6.07, 6.45) is 1.34. The standard InChI is InChI=1S/C10H22NO3P/c1-5-6-11-9(12)10(3,4)7-8(2)15(13)14/h8,15H,5-7H2,1-4H3,(H,11,12)(H,13,14). The molecule has 2 unspecified atom stereocenters. The van der Waals surface area contributed by atoms with E-state index in [-0.39, 0.29) is 11.6 Å². The Bertz CT molecular complexity index is 241. The molecule has 5 heteroatoms. The molecular weight excluding hydrogens is 213 g/mol. The van der Waals surface area contributed by atoms with Gasteiger partial charge in [0.25, 0.3) is 0 Å². The van der Waals surface area contributed by atoms with Crippen molar-refractivity contribution in [2.75, 3.05) is 6.54 Å². The second-order valence-corrected chi connectivity index (χ2v) is 6.25. The average molecular weight is 235 g/mol. The maximum absolute atomic E-state index is 11.7. The van der Waals surface area contributed by atoms with Crippen LogP contribution in [0.1, 0.15) is 40.5 Å². The van der Waals surface area contributed by atoms with Crippen molar-refractivity contribution in [1.82, 2.24) is 5.32 Å². The second kappa shape index (κ2) is 6.29. The lowest BCUT2D eigenvalue weighted by Gasteiger charge is -2.25. The van der Waals surface area contributed by atoms with Crippen LogP contribution in [0, 0.1) is 5.41 Å². The first-order valence-electron chi connectivity index (χ1n) is 5.32. The van der Waals surface area contributed by atoms with E-state index in [0.29, 0.717) is 13.0 Å². The van der Waals surface area contributed by atoms with Crippen molar-refractivity contribution in [3.05, 3.63) is 0 Å². The van der Waals surface area contributed by atoms with Gasteiger partial charge in [0.2, 0.25) is 5.91 Å². The Balaban J connectivity index is 4.27. The van der Waals surface area contributed by atoms with Crippen LogP contribution in [-0.4, -0.2) is 23.0 Å². The fourth-order valence-corrected chi connectivity index (χ4v) is 2.11. The molecule has 0 aliphatic heterocycles. The van der Waals surface area contributed by atoms with Gasteiger partial charge in [0.1, 0.15) is 0 Å². The quantitative estimate of drug-likeness (QED) is 0.690. The molecule has 0 bridgehead atoms. The molecule has 0 fully saturated rings. The molecule has 2 N–H and O–H groups in total. The third-order valence-electron chi connectivity index (χ3n) is 2.39. The molecular formula is C10H22NO3P. The molecule has 0 aromatic carbocycles. The van der Waals surface area contributed by atoms with Crippen molar-refractivity contribution >= 4 is 13.9 Å². The van der Waals surface area contributed by atoms with Crippen LogP contribution >= 0.6 is 8.03 Å². The second-order valence-electron chi connectivity index (χ2n) is 4.58. The fraction of sp³-hybridized carbons (Fsp3) is 0.900. The third kappa shape index (κ3) is 5.33. The summed E-state index contributed by atoms with van der Waals surface area (Å²) in [5.41, 5.74) is -0.880. The van der Waals surface area contributed by atoms with Crippen molar-refractivity contribution < 1.29 is 14.3 Å². The Morgan fingerprint density at radius 3 is 2.47 bits per heavy atom. The Morgan fingerprint density at radius 2 is 2.07 bits per heavy atom. The highest BCUT2D eigenvalue weighted by Crippen LogP contribution is 2.33. The van der Waals surface area contributed by atoms with Gasteiger partial charge in [0.05, 0.1) is 0 Å². The first kappa shape index (κ1) is 14.7. The molecule has 0 spiro atoms. The molecule has 0 saturated carbocycles. The van der Waals surface area contributed by atoms with Crippen LogP contribution in [0.5, 0.6) is 0 Å². The molecule has 0 saturated heterocycles. The van der Waals surface area contributed by atoms with E-state index in [0.717, 1.165) is 6.42 Å². The summed E-state index contributed by atoms with van der Waals surface area (Å²) in [4.78, 5) is 20.7. The first-order chi connectivity index (χ1) is 6.81. The first-order valence-corrected chi connectivity index (χ1v) is 6.75. The van der Waals surface area contributed by atoms with Crippen LogP contribution in [0.3, 0.4) is 0 Å². The molecule has 0 aromatic heterocycles. The van der Waals surface area contributed by atoms with Crippen molar-refractivity contribution in [2.24, 2.45) is 5.41 Å². The van der Waals surface area contributed by atoms with Crippen LogP contribution in [0.2, 0.25) is 0 Å². The van der Waals surface area contributed by atoms with Gasteiger partial charge in [0, 0.05) is 17.6 Å². The summed E-state index contributed by atoms with van der Waals surface area (Å²) in [6.45, 7) is 7.96. The van der Waals surface area contributed by atoms with Gasteiger partial charge < -0.3 is 10.2 Å². The van der Waals surface area contributed by atoms with E-state index < -0.39 is 13.4 Å². The van der Waals surface area contributed by atoms with E-state index in [2.05, 4.69) is 5.32 Å². The summed E-state index contributed by atoms with van der Waals surface area (Å²) in [5.74, 6) is -0.0422. The Kier molecular flexibility index (Phi) is 6.15. The van der Waals surface area contributed by atoms with E-state index in [1.54, 1.807) is 20.8 Å². The molecule has 0 radical (unpaired) electrons. The van der Waals surface area contributed by atoms with E-state index in [4.69, 9.17) is 4.89 Å². The number of carbonyl (C=O) groups is 1. The predicted molar refractivity (Wildman–Crippen MR) is 62.4 cm³/mol. The normalized spacial score (nSPS) is 15.8. The van der Waals surface area contributed by atoms with Crippen molar-refractivity contribution in [2.45, 2.75) is 46.2 Å². The highest BCUT2D eigenvalue weighted by molar-refractivity contribution is 7.38. The van der Waals surface area contributed by atoms with Crippen LogP contribution in [-0.2, 0) is 9.36 Å². The SMILES string of the molecule is CCCNC(=O)C(C)(C)CC(C)[PH](=O)O. The summed E-state index contributed by atoms with van der Waals surface area (Å²) < 4.78 is 10.9. The number of rotatable bonds is 6. The van der Waals surface area contributed by atoms with Crippen molar-refractivity contribution in [3.63, 3.8) is 0 Å². The summed E-state index contributed by atoms with van der Waals surface area (Å²) in [5, 5.41) is 2.81. The van der Waals surface area contributed by atoms with Gasteiger partial charge in [-0.05, 0) is 12.8 Å². The van der Waals surface area contributed by atoms with Crippen LogP contribution in [0.4, 0.5) is 0 Å². The molecule has 90 valence electrons. The minimum atomic E-state index is -2.53. The summed E-state index contributed by atoms with van der Waals surface area (Å²) in [6, 6.07) is 0. The molecule has 15 heavy (non-hydrogen) atoms.